The van der Waals surface area contributed by atoms with Crippen molar-refractivity contribution in [1.82, 2.24) is 4.90 Å². The van der Waals surface area contributed by atoms with Gasteiger partial charge in [0.2, 0.25) is 15.9 Å². The Kier molecular flexibility index (Phi) is 6.89. The maximum atomic E-state index is 14.0. The van der Waals surface area contributed by atoms with Crippen molar-refractivity contribution in [3.8, 4) is 11.5 Å². The van der Waals surface area contributed by atoms with Crippen molar-refractivity contribution >= 4 is 27.3 Å². The predicted molar refractivity (Wildman–Crippen MR) is 117 cm³/mol. The summed E-state index contributed by atoms with van der Waals surface area (Å²) in [6.07, 6.45) is 1.04. The Morgan fingerprint density at radius 1 is 1.06 bits per heavy atom. The molecule has 1 fully saturated rings. The number of carbonyl (C=O) groups is 1. The minimum absolute atomic E-state index is 0.254. The van der Waals surface area contributed by atoms with E-state index in [2.05, 4.69) is 0 Å². The van der Waals surface area contributed by atoms with Crippen LogP contribution >= 0.6 is 0 Å². The maximum absolute atomic E-state index is 14.0. The number of carbonyl (C=O) groups excluding carboxylic acids is 1. The summed E-state index contributed by atoms with van der Waals surface area (Å²) < 4.78 is 50.5. The lowest BCUT2D eigenvalue weighted by atomic mass is 10.2. The van der Waals surface area contributed by atoms with Gasteiger partial charge >= 0.3 is 0 Å². The van der Waals surface area contributed by atoms with Gasteiger partial charge in [-0.15, -0.1) is 0 Å². The molecule has 1 amide bonds. The fraction of sp³-hybridized carbons (Fsp3) is 0.381. The van der Waals surface area contributed by atoms with E-state index in [1.165, 1.54) is 20.3 Å². The number of ether oxygens (including phenoxy) is 2. The maximum Gasteiger partial charge on any atom is 0.243 e. The summed E-state index contributed by atoms with van der Waals surface area (Å²) in [4.78, 5) is 16.4. The SMILES string of the molecule is COc1ccc(N(CC(=O)N2CCN(c3ccccc3F)CC2)S(C)(=O)=O)c(OC)c1. The van der Waals surface area contributed by atoms with E-state index >= 15 is 0 Å². The molecule has 0 N–H and O–H groups in total. The third-order valence-corrected chi connectivity index (χ3v) is 6.29. The second-order valence-electron chi connectivity index (χ2n) is 7.13. The smallest absolute Gasteiger partial charge is 0.243 e. The molecule has 3 rings (SSSR count). The van der Waals surface area contributed by atoms with Crippen LogP contribution < -0.4 is 18.7 Å². The summed E-state index contributed by atoms with van der Waals surface area (Å²) in [6, 6.07) is 11.2. The molecule has 31 heavy (non-hydrogen) atoms. The molecule has 0 radical (unpaired) electrons. The van der Waals surface area contributed by atoms with E-state index in [0.29, 0.717) is 37.6 Å². The second kappa shape index (κ2) is 9.42. The number of halogens is 1. The average Bonchev–Trinajstić information content (AvgIpc) is 2.76. The molecule has 8 nitrogen and oxygen atoms in total. The van der Waals surface area contributed by atoms with Gasteiger partial charge in [-0.3, -0.25) is 9.10 Å². The molecule has 0 aromatic heterocycles. The Labute approximate surface area is 181 Å². The van der Waals surface area contributed by atoms with Crippen LogP contribution in [0.4, 0.5) is 15.8 Å². The highest BCUT2D eigenvalue weighted by Gasteiger charge is 2.29. The minimum atomic E-state index is -3.76. The third kappa shape index (κ3) is 5.19. The Morgan fingerprint density at radius 2 is 1.74 bits per heavy atom. The minimum Gasteiger partial charge on any atom is -0.497 e. The van der Waals surface area contributed by atoms with Gasteiger partial charge in [0.1, 0.15) is 23.9 Å². The van der Waals surface area contributed by atoms with Gasteiger partial charge in [0, 0.05) is 32.2 Å². The average molecular weight is 452 g/mol. The zero-order valence-corrected chi connectivity index (χ0v) is 18.6. The number of amides is 1. The van der Waals surface area contributed by atoms with Crippen LogP contribution in [-0.4, -0.2) is 72.4 Å². The second-order valence-corrected chi connectivity index (χ2v) is 9.03. The summed E-state index contributed by atoms with van der Waals surface area (Å²) in [5, 5.41) is 0. The molecule has 0 saturated carbocycles. The molecule has 0 bridgehead atoms. The van der Waals surface area contributed by atoms with Crippen molar-refractivity contribution in [1.29, 1.82) is 0 Å². The van der Waals surface area contributed by atoms with Crippen molar-refractivity contribution < 1.29 is 27.1 Å². The Hall–Kier alpha value is -3.01. The van der Waals surface area contributed by atoms with E-state index in [1.807, 2.05) is 4.90 Å². The van der Waals surface area contributed by atoms with E-state index in [1.54, 1.807) is 41.3 Å². The van der Waals surface area contributed by atoms with E-state index < -0.39 is 10.0 Å². The molecule has 10 heteroatoms. The standard InChI is InChI=1S/C21H26FN3O5S/c1-29-16-8-9-19(20(14-16)30-2)25(31(3,27)28)15-21(26)24-12-10-23(11-13-24)18-7-5-4-6-17(18)22/h4-9,14H,10-13,15H2,1-3H3. The van der Waals surface area contributed by atoms with Crippen molar-refractivity contribution in [2.24, 2.45) is 0 Å². The quantitative estimate of drug-likeness (QED) is 0.640. The number of methoxy groups -OCH3 is 2. The van der Waals surface area contributed by atoms with E-state index in [9.17, 15) is 17.6 Å². The van der Waals surface area contributed by atoms with Crippen molar-refractivity contribution in [2.45, 2.75) is 0 Å². The third-order valence-electron chi connectivity index (χ3n) is 5.16. The monoisotopic (exact) mass is 451 g/mol. The van der Waals surface area contributed by atoms with Crippen LogP contribution in [0.25, 0.3) is 0 Å². The fourth-order valence-electron chi connectivity index (χ4n) is 3.50. The van der Waals surface area contributed by atoms with Crippen LogP contribution in [0.3, 0.4) is 0 Å². The van der Waals surface area contributed by atoms with E-state index in [0.717, 1.165) is 10.6 Å². The first-order valence-electron chi connectivity index (χ1n) is 9.71. The van der Waals surface area contributed by atoms with Crippen LogP contribution in [0.5, 0.6) is 11.5 Å². The molecule has 0 aliphatic carbocycles. The van der Waals surface area contributed by atoms with Crippen LogP contribution in [0, 0.1) is 5.82 Å². The molecule has 0 atom stereocenters. The fourth-order valence-corrected chi connectivity index (χ4v) is 4.35. The van der Waals surface area contributed by atoms with E-state index in [4.69, 9.17) is 9.47 Å². The molecule has 2 aromatic carbocycles. The number of hydrogen-bond acceptors (Lipinski definition) is 6. The molecule has 1 aliphatic heterocycles. The predicted octanol–water partition coefficient (Wildman–Crippen LogP) is 1.96. The summed E-state index contributed by atoms with van der Waals surface area (Å²) in [7, 11) is -0.846. The van der Waals surface area contributed by atoms with Crippen LogP contribution in [0.2, 0.25) is 0 Å². The molecule has 168 valence electrons. The van der Waals surface area contributed by atoms with Gasteiger partial charge in [-0.05, 0) is 24.3 Å². The first-order chi connectivity index (χ1) is 14.7. The van der Waals surface area contributed by atoms with Crippen LogP contribution in [0.15, 0.2) is 42.5 Å². The lowest BCUT2D eigenvalue weighted by Crippen LogP contribution is -2.52. The zero-order chi connectivity index (χ0) is 22.6. The van der Waals surface area contributed by atoms with Gasteiger partial charge in [-0.2, -0.15) is 0 Å². The molecule has 0 unspecified atom stereocenters. The molecule has 1 saturated heterocycles. The lowest BCUT2D eigenvalue weighted by Gasteiger charge is -2.37. The summed E-state index contributed by atoms with van der Waals surface area (Å²) in [5.74, 6) is 0.139. The molecule has 0 spiro atoms. The van der Waals surface area contributed by atoms with Crippen molar-refractivity contribution in [2.75, 3.05) is 62.4 Å². The number of hydrogen-bond donors (Lipinski definition) is 0. The highest BCUT2D eigenvalue weighted by Crippen LogP contribution is 2.33. The van der Waals surface area contributed by atoms with Crippen LogP contribution in [0.1, 0.15) is 0 Å². The number of sulfonamides is 1. The van der Waals surface area contributed by atoms with E-state index in [-0.39, 0.29) is 29.7 Å². The first kappa shape index (κ1) is 22.7. The summed E-state index contributed by atoms with van der Waals surface area (Å²) in [6.45, 7) is 1.28. The normalized spacial score (nSPS) is 14.3. The zero-order valence-electron chi connectivity index (χ0n) is 17.7. The number of anilines is 2. The Bertz CT molecular complexity index is 1040. The number of para-hydroxylation sites is 1. The van der Waals surface area contributed by atoms with Crippen molar-refractivity contribution in [3.63, 3.8) is 0 Å². The summed E-state index contributed by atoms with van der Waals surface area (Å²) in [5.41, 5.74) is 0.750. The molecule has 1 heterocycles. The van der Waals surface area contributed by atoms with Gasteiger partial charge in [0.05, 0.1) is 31.9 Å². The van der Waals surface area contributed by atoms with Gasteiger partial charge in [-0.1, -0.05) is 12.1 Å². The highest BCUT2D eigenvalue weighted by molar-refractivity contribution is 7.92. The Balaban J connectivity index is 1.74. The van der Waals surface area contributed by atoms with Gasteiger partial charge in [0.25, 0.3) is 0 Å². The topological polar surface area (TPSA) is 79.4 Å². The van der Waals surface area contributed by atoms with Gasteiger partial charge in [0.15, 0.2) is 0 Å². The number of nitrogens with zero attached hydrogens (tertiary/aromatic N) is 3. The molecular formula is C21H26FN3O5S. The van der Waals surface area contributed by atoms with Gasteiger partial charge in [-0.25, -0.2) is 12.8 Å². The largest absolute Gasteiger partial charge is 0.497 e. The number of benzene rings is 2. The molecule has 2 aromatic rings. The lowest BCUT2D eigenvalue weighted by molar-refractivity contribution is -0.129. The van der Waals surface area contributed by atoms with Gasteiger partial charge < -0.3 is 19.3 Å². The molecular weight excluding hydrogens is 425 g/mol. The van der Waals surface area contributed by atoms with Crippen LogP contribution in [-0.2, 0) is 14.8 Å². The Morgan fingerprint density at radius 3 is 2.32 bits per heavy atom. The number of rotatable bonds is 7. The molecule has 1 aliphatic rings. The highest BCUT2D eigenvalue weighted by atomic mass is 32.2. The first-order valence-corrected chi connectivity index (χ1v) is 11.6. The number of piperazine rings is 1. The van der Waals surface area contributed by atoms with Crippen molar-refractivity contribution in [3.05, 3.63) is 48.3 Å². The summed E-state index contributed by atoms with van der Waals surface area (Å²) >= 11 is 0.